The second-order valence-electron chi connectivity index (χ2n) is 5.16. The molecule has 1 fully saturated rings. The smallest absolute Gasteiger partial charge is 0.272 e. The molecule has 20 heavy (non-hydrogen) atoms. The third-order valence-electron chi connectivity index (χ3n) is 3.19. The Kier molecular flexibility index (Phi) is 4.55. The van der Waals surface area contributed by atoms with Gasteiger partial charge >= 0.3 is 0 Å². The van der Waals surface area contributed by atoms with Crippen LogP contribution in [0.4, 0.5) is 5.69 Å². The number of hydrogen-bond donors (Lipinski definition) is 1. The second kappa shape index (κ2) is 6.36. The summed E-state index contributed by atoms with van der Waals surface area (Å²) in [4.78, 5) is 30.5. The van der Waals surface area contributed by atoms with E-state index in [4.69, 9.17) is 0 Å². The summed E-state index contributed by atoms with van der Waals surface area (Å²) in [5, 5.41) is 3.23. The van der Waals surface area contributed by atoms with Gasteiger partial charge in [0.05, 0.1) is 11.9 Å². The van der Waals surface area contributed by atoms with E-state index in [1.165, 1.54) is 0 Å². The number of rotatable bonds is 4. The van der Waals surface area contributed by atoms with Crippen molar-refractivity contribution in [1.82, 2.24) is 14.8 Å². The number of hydrogen-bond acceptors (Lipinski definition) is 4. The van der Waals surface area contributed by atoms with Crippen LogP contribution in [0.15, 0.2) is 18.3 Å². The topological polar surface area (TPSA) is 65.5 Å². The molecule has 1 aliphatic heterocycles. The lowest BCUT2D eigenvalue weighted by Gasteiger charge is -2.32. The Bertz CT molecular complexity index is 465. The van der Waals surface area contributed by atoms with Crippen molar-refractivity contribution in [3.8, 4) is 0 Å². The van der Waals surface area contributed by atoms with Gasteiger partial charge < -0.3 is 15.1 Å². The summed E-state index contributed by atoms with van der Waals surface area (Å²) in [6.45, 7) is 6.39. The number of carbonyl (C=O) groups is 2. The Hall–Kier alpha value is -2.11. The number of carbonyl (C=O) groups excluding carboxylic acids is 2. The maximum atomic E-state index is 12.3. The number of nitrogens with one attached hydrogen (secondary N) is 1. The Morgan fingerprint density at radius 3 is 2.50 bits per heavy atom. The molecule has 1 aliphatic rings. The second-order valence-corrected chi connectivity index (χ2v) is 5.16. The van der Waals surface area contributed by atoms with Gasteiger partial charge in [0.2, 0.25) is 6.41 Å². The van der Waals surface area contributed by atoms with Gasteiger partial charge in [0.1, 0.15) is 5.69 Å². The van der Waals surface area contributed by atoms with Gasteiger partial charge in [-0.05, 0) is 26.0 Å². The summed E-state index contributed by atoms with van der Waals surface area (Å²) >= 11 is 0. The fourth-order valence-corrected chi connectivity index (χ4v) is 2.13. The monoisotopic (exact) mass is 276 g/mol. The van der Waals surface area contributed by atoms with Crippen molar-refractivity contribution < 1.29 is 9.59 Å². The zero-order valence-electron chi connectivity index (χ0n) is 11.9. The molecule has 0 spiro atoms. The van der Waals surface area contributed by atoms with Gasteiger partial charge in [-0.2, -0.15) is 0 Å². The lowest BCUT2D eigenvalue weighted by molar-refractivity contribution is -0.119. The molecule has 6 nitrogen and oxygen atoms in total. The fraction of sp³-hybridized carbons (Fsp3) is 0.500. The fourth-order valence-electron chi connectivity index (χ4n) is 2.13. The highest BCUT2D eigenvalue weighted by Gasteiger charge is 2.21. The normalized spacial score (nSPS) is 15.3. The van der Waals surface area contributed by atoms with Crippen LogP contribution in [0.5, 0.6) is 0 Å². The number of pyridine rings is 1. The molecule has 0 aromatic carbocycles. The summed E-state index contributed by atoms with van der Waals surface area (Å²) in [7, 11) is 0. The number of anilines is 1. The molecule has 2 heterocycles. The highest BCUT2D eigenvalue weighted by atomic mass is 16.2. The van der Waals surface area contributed by atoms with Crippen LogP contribution < -0.4 is 5.32 Å². The molecular formula is C14H20N4O2. The minimum atomic E-state index is -0.0772. The van der Waals surface area contributed by atoms with E-state index in [2.05, 4.69) is 10.3 Å². The number of piperazine rings is 1. The Morgan fingerprint density at radius 1 is 1.30 bits per heavy atom. The van der Waals surface area contributed by atoms with E-state index in [-0.39, 0.29) is 5.91 Å². The van der Waals surface area contributed by atoms with E-state index >= 15 is 0 Å². The first-order valence-electron chi connectivity index (χ1n) is 6.81. The van der Waals surface area contributed by atoms with E-state index < -0.39 is 0 Å². The number of nitrogens with zero attached hydrogens (tertiary/aromatic N) is 3. The first kappa shape index (κ1) is 14.3. The van der Waals surface area contributed by atoms with Crippen LogP contribution in [0.2, 0.25) is 0 Å². The molecule has 1 saturated heterocycles. The molecule has 0 atom stereocenters. The van der Waals surface area contributed by atoms with Crippen LogP contribution in [0, 0.1) is 0 Å². The minimum absolute atomic E-state index is 0.0772. The molecule has 108 valence electrons. The highest BCUT2D eigenvalue weighted by molar-refractivity contribution is 5.92. The Labute approximate surface area is 118 Å². The molecule has 1 aromatic heterocycles. The maximum absolute atomic E-state index is 12.3. The molecule has 0 saturated carbocycles. The van der Waals surface area contributed by atoms with Crippen LogP contribution in [-0.2, 0) is 4.79 Å². The summed E-state index contributed by atoms with van der Waals surface area (Å²) in [6, 6.07) is 3.93. The molecule has 6 heteroatoms. The van der Waals surface area contributed by atoms with Crippen molar-refractivity contribution in [1.29, 1.82) is 0 Å². The van der Waals surface area contributed by atoms with Crippen molar-refractivity contribution in [2.45, 2.75) is 19.9 Å². The van der Waals surface area contributed by atoms with E-state index in [1.54, 1.807) is 22.1 Å². The maximum Gasteiger partial charge on any atom is 0.272 e. The summed E-state index contributed by atoms with van der Waals surface area (Å²) in [6.07, 6.45) is 2.50. The van der Waals surface area contributed by atoms with Gasteiger partial charge in [0.15, 0.2) is 0 Å². The van der Waals surface area contributed by atoms with Gasteiger partial charge in [0, 0.05) is 32.2 Å². The summed E-state index contributed by atoms with van der Waals surface area (Å²) in [5.74, 6) is -0.0772. The van der Waals surface area contributed by atoms with Crippen LogP contribution in [0.1, 0.15) is 24.3 Å². The molecule has 1 aromatic rings. The third-order valence-corrected chi connectivity index (χ3v) is 3.19. The predicted molar refractivity (Wildman–Crippen MR) is 76.5 cm³/mol. The quantitative estimate of drug-likeness (QED) is 0.827. The molecule has 0 unspecified atom stereocenters. The molecule has 2 rings (SSSR count). The van der Waals surface area contributed by atoms with Crippen LogP contribution >= 0.6 is 0 Å². The zero-order valence-corrected chi connectivity index (χ0v) is 11.9. The highest BCUT2D eigenvalue weighted by Crippen LogP contribution is 2.10. The average Bonchev–Trinajstić information content (AvgIpc) is 2.47. The van der Waals surface area contributed by atoms with Crippen molar-refractivity contribution in [3.05, 3.63) is 24.0 Å². The largest absolute Gasteiger partial charge is 0.382 e. The standard InChI is InChI=1S/C14H20N4O2/c1-11(2)16-12-3-4-13(15-9-12)14(20)18-7-5-17(10-19)6-8-18/h3-4,9-11,16H,5-8H2,1-2H3. The molecular weight excluding hydrogens is 256 g/mol. The molecule has 1 N–H and O–H groups in total. The molecule has 0 aliphatic carbocycles. The van der Waals surface area contributed by atoms with Gasteiger partial charge in [-0.1, -0.05) is 0 Å². The number of amides is 2. The zero-order chi connectivity index (χ0) is 14.5. The van der Waals surface area contributed by atoms with E-state index in [0.29, 0.717) is 37.9 Å². The predicted octanol–water partition coefficient (Wildman–Crippen LogP) is 0.816. The number of aromatic nitrogens is 1. The molecule has 0 radical (unpaired) electrons. The summed E-state index contributed by atoms with van der Waals surface area (Å²) in [5.41, 5.74) is 1.35. The Balaban J connectivity index is 1.97. The minimum Gasteiger partial charge on any atom is -0.382 e. The first-order chi connectivity index (χ1) is 9.60. The Morgan fingerprint density at radius 2 is 2.00 bits per heavy atom. The SMILES string of the molecule is CC(C)Nc1ccc(C(=O)N2CCN(C=O)CC2)nc1. The lowest BCUT2D eigenvalue weighted by atomic mass is 10.2. The molecule has 0 bridgehead atoms. The van der Waals surface area contributed by atoms with Crippen LogP contribution in [-0.4, -0.2) is 59.3 Å². The lowest BCUT2D eigenvalue weighted by Crippen LogP contribution is -2.48. The van der Waals surface area contributed by atoms with Crippen molar-refractivity contribution in [3.63, 3.8) is 0 Å². The van der Waals surface area contributed by atoms with Crippen molar-refractivity contribution in [2.24, 2.45) is 0 Å². The van der Waals surface area contributed by atoms with Crippen LogP contribution in [0.3, 0.4) is 0 Å². The first-order valence-corrected chi connectivity index (χ1v) is 6.81. The van der Waals surface area contributed by atoms with Gasteiger partial charge in [-0.15, -0.1) is 0 Å². The van der Waals surface area contributed by atoms with E-state index in [9.17, 15) is 9.59 Å². The summed E-state index contributed by atoms with van der Waals surface area (Å²) < 4.78 is 0. The average molecular weight is 276 g/mol. The molecule has 2 amide bonds. The van der Waals surface area contributed by atoms with Gasteiger partial charge in [-0.3, -0.25) is 9.59 Å². The van der Waals surface area contributed by atoms with Gasteiger partial charge in [-0.25, -0.2) is 4.98 Å². The van der Waals surface area contributed by atoms with Crippen LogP contribution in [0.25, 0.3) is 0 Å². The van der Waals surface area contributed by atoms with Crippen molar-refractivity contribution in [2.75, 3.05) is 31.5 Å². The third kappa shape index (κ3) is 3.46. The van der Waals surface area contributed by atoms with E-state index in [1.807, 2.05) is 19.9 Å². The van der Waals surface area contributed by atoms with Gasteiger partial charge in [0.25, 0.3) is 5.91 Å². The van der Waals surface area contributed by atoms with E-state index in [0.717, 1.165) is 12.1 Å². The van der Waals surface area contributed by atoms with Crippen molar-refractivity contribution >= 4 is 18.0 Å².